The average Bonchev–Trinajstić information content (AvgIpc) is 2.81. The van der Waals surface area contributed by atoms with E-state index in [4.69, 9.17) is 11.6 Å². The molecule has 0 aliphatic carbocycles. The monoisotopic (exact) mass is 466 g/mol. The third-order valence-electron chi connectivity index (χ3n) is 4.06. The van der Waals surface area contributed by atoms with Gasteiger partial charge in [0.05, 0.1) is 5.69 Å². The van der Waals surface area contributed by atoms with Gasteiger partial charge in [-0.05, 0) is 72.3 Å². The largest absolute Gasteiger partial charge is 0.336 e. The molecule has 0 N–H and O–H groups in total. The summed E-state index contributed by atoms with van der Waals surface area (Å²) in [6, 6.07) is 15.0. The van der Waals surface area contributed by atoms with E-state index in [-0.39, 0.29) is 10.7 Å². The summed E-state index contributed by atoms with van der Waals surface area (Å²) in [5.74, 6) is -0.884. The van der Waals surface area contributed by atoms with Crippen molar-refractivity contribution in [3.63, 3.8) is 0 Å². The number of carbonyl (C=O) groups excluding carboxylic acids is 2. The second-order valence-corrected chi connectivity index (χ2v) is 7.24. The smallest absolute Gasteiger partial charge is 0.283 e. The number of amides is 2. The van der Waals surface area contributed by atoms with Gasteiger partial charge in [-0.3, -0.25) is 9.59 Å². The number of para-hydroxylation sites is 1. The second kappa shape index (κ2) is 7.17. The molecule has 0 unspecified atom stereocenters. The Morgan fingerprint density at radius 1 is 1.08 bits per heavy atom. The third kappa shape index (κ3) is 3.18. The molecule has 128 valence electrons. The topological polar surface area (TPSA) is 40.6 Å². The van der Waals surface area contributed by atoms with Gasteiger partial charge in [-0.2, -0.15) is 0 Å². The molecule has 6 heteroatoms. The van der Waals surface area contributed by atoms with Crippen molar-refractivity contribution >= 4 is 57.4 Å². The zero-order valence-corrected chi connectivity index (χ0v) is 16.7. The predicted molar refractivity (Wildman–Crippen MR) is 109 cm³/mol. The van der Waals surface area contributed by atoms with Crippen LogP contribution in [0.15, 0.2) is 59.3 Å². The molecule has 3 rings (SSSR count). The van der Waals surface area contributed by atoms with Crippen molar-refractivity contribution in [1.29, 1.82) is 0 Å². The van der Waals surface area contributed by atoms with Crippen LogP contribution < -0.4 is 9.80 Å². The summed E-state index contributed by atoms with van der Waals surface area (Å²) >= 11 is 8.49. The van der Waals surface area contributed by atoms with Gasteiger partial charge in [-0.25, -0.2) is 4.90 Å². The second-order valence-electron chi connectivity index (χ2n) is 5.62. The van der Waals surface area contributed by atoms with Crippen LogP contribution >= 0.6 is 34.2 Å². The fourth-order valence-electron chi connectivity index (χ4n) is 2.89. The van der Waals surface area contributed by atoms with Crippen LogP contribution in [0.4, 0.5) is 11.4 Å². The van der Waals surface area contributed by atoms with Crippen LogP contribution in [0.2, 0.25) is 0 Å². The number of halogens is 2. The number of imide groups is 1. The number of hydrogen-bond acceptors (Lipinski definition) is 3. The van der Waals surface area contributed by atoms with E-state index < -0.39 is 11.8 Å². The van der Waals surface area contributed by atoms with Crippen molar-refractivity contribution in [3.8, 4) is 0 Å². The fraction of sp³-hybridized carbons (Fsp3) is 0.158. The molecule has 0 bridgehead atoms. The van der Waals surface area contributed by atoms with Crippen molar-refractivity contribution in [3.05, 3.63) is 68.4 Å². The van der Waals surface area contributed by atoms with Gasteiger partial charge in [0, 0.05) is 15.8 Å². The van der Waals surface area contributed by atoms with Crippen molar-refractivity contribution in [2.75, 3.05) is 16.3 Å². The number of anilines is 2. The maximum atomic E-state index is 13.1. The minimum atomic E-state index is -0.486. The summed E-state index contributed by atoms with van der Waals surface area (Å²) < 4.78 is 1.04. The first-order chi connectivity index (χ1) is 12.0. The van der Waals surface area contributed by atoms with Gasteiger partial charge in [-0.15, -0.1) is 0 Å². The Bertz CT molecular complexity index is 880. The fourth-order valence-corrected chi connectivity index (χ4v) is 3.81. The van der Waals surface area contributed by atoms with E-state index in [1.165, 1.54) is 0 Å². The summed E-state index contributed by atoms with van der Waals surface area (Å²) in [6.07, 6.45) is 0. The van der Waals surface area contributed by atoms with Crippen LogP contribution in [0.25, 0.3) is 0 Å². The molecule has 0 fully saturated rings. The van der Waals surface area contributed by atoms with Gasteiger partial charge in [0.15, 0.2) is 0 Å². The maximum Gasteiger partial charge on any atom is 0.283 e. The molecule has 1 aliphatic rings. The predicted octanol–water partition coefficient (Wildman–Crippen LogP) is 4.45. The minimum absolute atomic E-state index is 0.0475. The van der Waals surface area contributed by atoms with Crippen molar-refractivity contribution in [2.24, 2.45) is 0 Å². The Hall–Kier alpha value is -1.86. The van der Waals surface area contributed by atoms with Gasteiger partial charge < -0.3 is 4.90 Å². The molecule has 0 aromatic heterocycles. The van der Waals surface area contributed by atoms with Gasteiger partial charge >= 0.3 is 0 Å². The molecule has 2 aromatic carbocycles. The third-order valence-corrected chi connectivity index (χ3v) is 5.07. The Labute approximate surface area is 165 Å². The normalized spacial score (nSPS) is 14.5. The Kier molecular flexibility index (Phi) is 5.15. The van der Waals surface area contributed by atoms with Crippen LogP contribution in [0.1, 0.15) is 12.5 Å². The SMILES string of the molecule is CCN(C1=C(Cl)C(=O)N(c2ccc(I)cc2C)C1=O)c1ccccc1. The van der Waals surface area contributed by atoms with Crippen LogP contribution in [0.5, 0.6) is 0 Å². The number of likely N-dealkylation sites (N-methyl/N-ethyl adjacent to an activating group) is 1. The van der Waals surface area contributed by atoms with Crippen LogP contribution in [0, 0.1) is 10.5 Å². The lowest BCUT2D eigenvalue weighted by atomic mass is 10.2. The Morgan fingerprint density at radius 3 is 2.36 bits per heavy atom. The van der Waals surface area contributed by atoms with Crippen molar-refractivity contribution < 1.29 is 9.59 Å². The molecule has 4 nitrogen and oxygen atoms in total. The minimum Gasteiger partial charge on any atom is -0.336 e. The quantitative estimate of drug-likeness (QED) is 0.494. The molecular weight excluding hydrogens is 451 g/mol. The summed E-state index contributed by atoms with van der Waals surface area (Å²) in [5.41, 5.74) is 2.45. The number of aryl methyl sites for hydroxylation is 1. The highest BCUT2D eigenvalue weighted by atomic mass is 127. The van der Waals surface area contributed by atoms with Crippen LogP contribution in [-0.2, 0) is 9.59 Å². The lowest BCUT2D eigenvalue weighted by Crippen LogP contribution is -2.35. The lowest BCUT2D eigenvalue weighted by molar-refractivity contribution is -0.120. The van der Waals surface area contributed by atoms with Crippen LogP contribution in [-0.4, -0.2) is 18.4 Å². The van der Waals surface area contributed by atoms with E-state index >= 15 is 0 Å². The maximum absolute atomic E-state index is 13.1. The van der Waals surface area contributed by atoms with Gasteiger partial charge in [0.25, 0.3) is 11.8 Å². The molecule has 0 atom stereocenters. The first-order valence-electron chi connectivity index (χ1n) is 7.83. The zero-order chi connectivity index (χ0) is 18.1. The van der Waals surface area contributed by atoms with Gasteiger partial charge in [-0.1, -0.05) is 29.8 Å². The molecular formula is C19H16ClIN2O2. The van der Waals surface area contributed by atoms with Gasteiger partial charge in [0.2, 0.25) is 0 Å². The van der Waals surface area contributed by atoms with E-state index in [1.54, 1.807) is 11.0 Å². The zero-order valence-electron chi connectivity index (χ0n) is 13.8. The number of nitrogens with zero attached hydrogens (tertiary/aromatic N) is 2. The number of hydrogen-bond donors (Lipinski definition) is 0. The first-order valence-corrected chi connectivity index (χ1v) is 9.28. The summed E-state index contributed by atoms with van der Waals surface area (Å²) in [4.78, 5) is 28.7. The molecule has 1 heterocycles. The van der Waals surface area contributed by atoms with E-state index in [2.05, 4.69) is 22.6 Å². The van der Waals surface area contributed by atoms with Crippen LogP contribution in [0.3, 0.4) is 0 Å². The molecule has 0 spiro atoms. The number of benzene rings is 2. The highest BCUT2D eigenvalue weighted by Crippen LogP contribution is 2.35. The first kappa shape index (κ1) is 17.9. The van der Waals surface area contributed by atoms with E-state index in [1.807, 2.05) is 56.3 Å². The van der Waals surface area contributed by atoms with Crippen molar-refractivity contribution in [2.45, 2.75) is 13.8 Å². The Balaban J connectivity index is 2.05. The number of carbonyl (C=O) groups is 2. The standard InChI is InChI=1S/C19H16ClIN2O2/c1-3-22(14-7-5-4-6-8-14)17-16(20)18(24)23(19(17)25)15-10-9-13(21)11-12(15)2/h4-11H,3H2,1-2H3. The Morgan fingerprint density at radius 2 is 1.76 bits per heavy atom. The number of rotatable bonds is 4. The molecule has 0 saturated heterocycles. The van der Waals surface area contributed by atoms with Gasteiger partial charge in [0.1, 0.15) is 10.7 Å². The van der Waals surface area contributed by atoms with E-state index in [0.717, 1.165) is 19.7 Å². The summed E-state index contributed by atoms with van der Waals surface area (Å²) in [5, 5.41) is -0.0475. The molecule has 0 radical (unpaired) electrons. The van der Waals surface area contributed by atoms with E-state index in [9.17, 15) is 9.59 Å². The summed E-state index contributed by atoms with van der Waals surface area (Å²) in [6.45, 7) is 4.31. The summed E-state index contributed by atoms with van der Waals surface area (Å²) in [7, 11) is 0. The van der Waals surface area contributed by atoms with Crippen molar-refractivity contribution in [1.82, 2.24) is 0 Å². The molecule has 25 heavy (non-hydrogen) atoms. The van der Waals surface area contributed by atoms with E-state index in [0.29, 0.717) is 12.2 Å². The molecule has 2 amide bonds. The lowest BCUT2D eigenvalue weighted by Gasteiger charge is -2.24. The highest BCUT2D eigenvalue weighted by Gasteiger charge is 2.41. The molecule has 1 aliphatic heterocycles. The average molecular weight is 467 g/mol. The molecule has 2 aromatic rings. The molecule has 0 saturated carbocycles. The highest BCUT2D eigenvalue weighted by molar-refractivity contribution is 14.1.